The lowest BCUT2D eigenvalue weighted by Crippen LogP contribution is -2.53. The van der Waals surface area contributed by atoms with Gasteiger partial charge in [0.05, 0.1) is 17.3 Å². The minimum absolute atomic E-state index is 0.319. The first-order valence-electron chi connectivity index (χ1n) is 12.4. The van der Waals surface area contributed by atoms with Gasteiger partial charge in [-0.2, -0.15) is 17.2 Å². The number of hydrogen-bond acceptors (Lipinski definition) is 8. The molecule has 0 amide bonds. The molecule has 6 aliphatic carbocycles. The second-order valence-corrected chi connectivity index (χ2v) is 13.2. The van der Waals surface area contributed by atoms with Gasteiger partial charge >= 0.3 is 33.3 Å². The molecule has 6 bridgehead atoms. The van der Waals surface area contributed by atoms with E-state index in [9.17, 15) is 36.0 Å². The Labute approximate surface area is 205 Å². The summed E-state index contributed by atoms with van der Waals surface area (Å²) in [6, 6.07) is 0. The van der Waals surface area contributed by atoms with Crippen molar-refractivity contribution >= 4 is 28.0 Å². The fraction of sp³-hybridized carbons (Fsp3) is 0.870. The Morgan fingerprint density at radius 1 is 1.08 bits per heavy atom. The number of ether oxygens (including phenoxy) is 3. The zero-order valence-corrected chi connectivity index (χ0v) is 20.0. The van der Waals surface area contributed by atoms with Gasteiger partial charge < -0.3 is 14.2 Å². The molecule has 1 saturated heterocycles. The van der Waals surface area contributed by atoms with Crippen LogP contribution in [0.2, 0.25) is 0 Å². The van der Waals surface area contributed by atoms with Crippen molar-refractivity contribution in [3.63, 3.8) is 0 Å². The normalized spacial score (nSPS) is 45.0. The largest absolute Gasteiger partial charge is 0.462 e. The Morgan fingerprint density at radius 3 is 2.22 bits per heavy atom. The lowest BCUT2D eigenvalue weighted by atomic mass is 9.49. The molecule has 1 N–H and O–H groups in total. The van der Waals surface area contributed by atoms with E-state index in [4.69, 9.17) is 14.0 Å². The first-order chi connectivity index (χ1) is 16.8. The van der Waals surface area contributed by atoms with Gasteiger partial charge in [-0.3, -0.25) is 18.9 Å². The van der Waals surface area contributed by atoms with Crippen molar-refractivity contribution in [3.05, 3.63) is 0 Å². The molecule has 13 heteroatoms. The van der Waals surface area contributed by atoms with E-state index in [0.29, 0.717) is 24.2 Å². The molecular weight excluding hydrogens is 509 g/mol. The molecule has 1 aliphatic heterocycles. The minimum atomic E-state index is -6.07. The van der Waals surface area contributed by atoms with Crippen LogP contribution in [0.3, 0.4) is 0 Å². The molecule has 0 radical (unpaired) electrons. The van der Waals surface area contributed by atoms with E-state index < -0.39 is 81.4 Å². The SMILES string of the molecule is O=C1OC2C3CC(C2OC(=O)C24CC5CC(CC(C5)C2)C4)C(C(=O)OCC(F)C(F)(F)S(=O)(=O)O)C13. The van der Waals surface area contributed by atoms with Crippen molar-refractivity contribution in [1.82, 2.24) is 0 Å². The quantitative estimate of drug-likeness (QED) is 0.296. The second kappa shape index (κ2) is 7.81. The van der Waals surface area contributed by atoms with Crippen molar-refractivity contribution in [1.29, 1.82) is 0 Å². The summed E-state index contributed by atoms with van der Waals surface area (Å²) in [4.78, 5) is 38.8. The highest BCUT2D eigenvalue weighted by molar-refractivity contribution is 7.86. The maximum atomic E-state index is 13.9. The van der Waals surface area contributed by atoms with Crippen molar-refractivity contribution in [2.24, 2.45) is 46.8 Å². The predicted octanol–water partition coefficient (Wildman–Crippen LogP) is 2.28. The summed E-state index contributed by atoms with van der Waals surface area (Å²) in [5.74, 6) is -3.93. The minimum Gasteiger partial charge on any atom is -0.462 e. The smallest absolute Gasteiger partial charge is 0.403 e. The third kappa shape index (κ3) is 3.44. The Morgan fingerprint density at radius 2 is 1.67 bits per heavy atom. The van der Waals surface area contributed by atoms with E-state index in [1.165, 1.54) is 0 Å². The maximum absolute atomic E-state index is 13.9. The van der Waals surface area contributed by atoms with Gasteiger partial charge in [0.25, 0.3) is 0 Å². The number of halogens is 3. The van der Waals surface area contributed by atoms with Crippen LogP contribution in [0.25, 0.3) is 0 Å². The molecule has 0 aromatic heterocycles. The van der Waals surface area contributed by atoms with Crippen LogP contribution in [-0.2, 0) is 38.7 Å². The molecule has 7 unspecified atom stereocenters. The van der Waals surface area contributed by atoms with Crippen LogP contribution in [0.1, 0.15) is 44.9 Å². The van der Waals surface area contributed by atoms with E-state index >= 15 is 0 Å². The molecule has 0 aromatic rings. The molecular formula is C23H27F3O9S. The lowest BCUT2D eigenvalue weighted by Gasteiger charge is -2.55. The van der Waals surface area contributed by atoms with E-state index in [0.717, 1.165) is 38.5 Å². The van der Waals surface area contributed by atoms with Crippen LogP contribution in [0.5, 0.6) is 0 Å². The Kier molecular flexibility index (Phi) is 5.30. The molecule has 7 fully saturated rings. The fourth-order valence-electron chi connectivity index (χ4n) is 8.59. The first-order valence-corrected chi connectivity index (χ1v) is 13.8. The summed E-state index contributed by atoms with van der Waals surface area (Å²) < 4.78 is 86.9. The van der Waals surface area contributed by atoms with Crippen LogP contribution in [0, 0.1) is 46.8 Å². The summed E-state index contributed by atoms with van der Waals surface area (Å²) in [6.07, 6.45) is 0.880. The van der Waals surface area contributed by atoms with Crippen LogP contribution in [0.4, 0.5) is 13.2 Å². The number of carbonyl (C=O) groups is 3. The number of rotatable bonds is 7. The lowest BCUT2D eigenvalue weighted by molar-refractivity contribution is -0.188. The number of hydrogen-bond donors (Lipinski definition) is 1. The maximum Gasteiger partial charge on any atom is 0.403 e. The number of fused-ring (bicyclic) bond motifs is 1. The van der Waals surface area contributed by atoms with Crippen LogP contribution in [-0.4, -0.2) is 61.1 Å². The average Bonchev–Trinajstić information content (AvgIpc) is 3.39. The molecule has 36 heavy (non-hydrogen) atoms. The standard InChI is InChI=1S/C23H27F3O9S/c24-14(23(25,26)36(30,31)32)8-33-19(27)15-12-4-13-16(15)20(28)34-17(13)18(12)35-21(29)22-5-9-1-10(6-22)3-11(2-9)7-22/h9-18H,1-8H2,(H,30,31,32). The van der Waals surface area contributed by atoms with Crippen molar-refractivity contribution in [2.75, 3.05) is 6.61 Å². The fourth-order valence-corrected chi connectivity index (χ4v) is 8.98. The second-order valence-electron chi connectivity index (χ2n) is 11.7. The predicted molar refractivity (Wildman–Crippen MR) is 111 cm³/mol. The van der Waals surface area contributed by atoms with Crippen LogP contribution < -0.4 is 0 Å². The monoisotopic (exact) mass is 536 g/mol. The summed E-state index contributed by atoms with van der Waals surface area (Å²) in [5, 5.41) is -5.17. The van der Waals surface area contributed by atoms with Crippen molar-refractivity contribution < 1.29 is 54.7 Å². The van der Waals surface area contributed by atoms with Gasteiger partial charge in [0.15, 0.2) is 0 Å². The van der Waals surface area contributed by atoms with Crippen LogP contribution >= 0.6 is 0 Å². The van der Waals surface area contributed by atoms with Crippen molar-refractivity contribution in [2.45, 2.75) is 68.6 Å². The Bertz CT molecular complexity index is 1070. The third-order valence-corrected chi connectivity index (χ3v) is 10.6. The molecule has 0 aromatic carbocycles. The molecule has 7 atom stereocenters. The summed E-state index contributed by atoms with van der Waals surface area (Å²) in [5.41, 5.74) is -0.572. The van der Waals surface area contributed by atoms with Gasteiger partial charge in [0.2, 0.25) is 6.17 Å². The zero-order valence-electron chi connectivity index (χ0n) is 19.2. The highest BCUT2D eigenvalue weighted by atomic mass is 32.2. The van der Waals surface area contributed by atoms with Gasteiger partial charge in [0.1, 0.15) is 18.8 Å². The first kappa shape index (κ1) is 24.4. The molecule has 9 nitrogen and oxygen atoms in total. The van der Waals surface area contributed by atoms with Gasteiger partial charge in [-0.15, -0.1) is 0 Å². The van der Waals surface area contributed by atoms with Crippen molar-refractivity contribution in [3.8, 4) is 0 Å². The van der Waals surface area contributed by atoms with E-state index in [2.05, 4.69) is 4.74 Å². The Hall–Kier alpha value is -1.89. The van der Waals surface area contributed by atoms with E-state index in [1.54, 1.807) is 0 Å². The summed E-state index contributed by atoms with van der Waals surface area (Å²) >= 11 is 0. The molecule has 6 saturated carbocycles. The van der Waals surface area contributed by atoms with Gasteiger partial charge in [-0.1, -0.05) is 0 Å². The van der Waals surface area contributed by atoms with Gasteiger partial charge in [-0.25, -0.2) is 4.39 Å². The molecule has 7 rings (SSSR count). The van der Waals surface area contributed by atoms with Gasteiger partial charge in [0, 0.05) is 11.8 Å². The topological polar surface area (TPSA) is 133 Å². The number of carbonyl (C=O) groups excluding carboxylic acids is 3. The average molecular weight is 537 g/mol. The highest BCUT2D eigenvalue weighted by Crippen LogP contribution is 2.62. The number of esters is 3. The Balaban J connectivity index is 1.17. The molecule has 0 spiro atoms. The molecule has 1 heterocycles. The van der Waals surface area contributed by atoms with Crippen LogP contribution in [0.15, 0.2) is 0 Å². The summed E-state index contributed by atoms with van der Waals surface area (Å²) in [7, 11) is -6.07. The van der Waals surface area contributed by atoms with E-state index in [1.807, 2.05) is 0 Å². The molecule has 200 valence electrons. The third-order valence-electron chi connectivity index (χ3n) is 9.61. The summed E-state index contributed by atoms with van der Waals surface area (Å²) in [6.45, 7) is -1.64. The van der Waals surface area contributed by atoms with E-state index in [-0.39, 0.29) is 5.97 Å². The molecule has 7 aliphatic rings. The zero-order chi connectivity index (χ0) is 25.8. The number of alkyl halides is 3. The van der Waals surface area contributed by atoms with Gasteiger partial charge in [-0.05, 0) is 62.7 Å². The highest BCUT2D eigenvalue weighted by Gasteiger charge is 2.71.